The molecule has 29 heavy (non-hydrogen) atoms. The number of hydrogen-bond acceptors (Lipinski definition) is 3. The van der Waals surface area contributed by atoms with Gasteiger partial charge in [0.2, 0.25) is 0 Å². The van der Waals surface area contributed by atoms with Crippen LogP contribution in [0.5, 0.6) is 0 Å². The number of carbonyl (C=O) groups is 1. The molecule has 0 spiro atoms. The van der Waals surface area contributed by atoms with Crippen molar-refractivity contribution in [2.75, 3.05) is 16.2 Å². The zero-order valence-corrected chi connectivity index (χ0v) is 17.9. The normalized spacial score (nSPS) is 13.6. The van der Waals surface area contributed by atoms with Crippen LogP contribution in [0.1, 0.15) is 22.3 Å². The number of hydrogen-bond donors (Lipinski definition) is 1. The molecular weight excluding hydrogens is 452 g/mol. The summed E-state index contributed by atoms with van der Waals surface area (Å²) in [6.45, 7) is 0.450. The lowest BCUT2D eigenvalue weighted by molar-refractivity contribution is 0.102. The molecule has 0 atom stereocenters. The summed E-state index contributed by atoms with van der Waals surface area (Å²) in [6.07, 6.45) is 1.65. The minimum Gasteiger partial charge on any atom is -0.322 e. The second kappa shape index (κ2) is 8.00. The molecule has 0 aromatic heterocycles. The van der Waals surface area contributed by atoms with Crippen LogP contribution in [0.25, 0.3) is 0 Å². The first-order valence-electron chi connectivity index (χ1n) is 9.23. The Morgan fingerprint density at radius 1 is 0.931 bits per heavy atom. The van der Waals surface area contributed by atoms with Crippen molar-refractivity contribution in [1.82, 2.24) is 0 Å². The first kappa shape index (κ1) is 19.7. The van der Waals surface area contributed by atoms with Crippen molar-refractivity contribution in [2.45, 2.75) is 17.7 Å². The molecule has 0 fully saturated rings. The molecule has 1 amide bonds. The van der Waals surface area contributed by atoms with Gasteiger partial charge in [0.15, 0.2) is 0 Å². The van der Waals surface area contributed by atoms with Gasteiger partial charge in [0.1, 0.15) is 0 Å². The molecule has 3 aromatic carbocycles. The number of rotatable bonds is 4. The Kier molecular flexibility index (Phi) is 5.43. The van der Waals surface area contributed by atoms with Gasteiger partial charge in [-0.3, -0.25) is 9.10 Å². The van der Waals surface area contributed by atoms with Gasteiger partial charge in [0.05, 0.1) is 10.6 Å². The van der Waals surface area contributed by atoms with Crippen LogP contribution in [0.4, 0.5) is 11.4 Å². The molecule has 0 radical (unpaired) electrons. The van der Waals surface area contributed by atoms with Gasteiger partial charge in [-0.15, -0.1) is 0 Å². The summed E-state index contributed by atoms with van der Waals surface area (Å²) in [7, 11) is -3.69. The van der Waals surface area contributed by atoms with E-state index in [4.69, 9.17) is 0 Å². The maximum Gasteiger partial charge on any atom is 0.264 e. The van der Waals surface area contributed by atoms with E-state index in [9.17, 15) is 13.2 Å². The molecule has 7 heteroatoms. The highest BCUT2D eigenvalue weighted by molar-refractivity contribution is 9.10. The predicted octanol–water partition coefficient (Wildman–Crippen LogP) is 4.84. The summed E-state index contributed by atoms with van der Waals surface area (Å²) < 4.78 is 28.7. The maximum absolute atomic E-state index is 13.2. The SMILES string of the molecule is O=C(Nc1ccc(Br)cc1)c1ccc(S(=O)(=O)N2CCCc3ccccc32)cc1. The number of anilines is 2. The van der Waals surface area contributed by atoms with E-state index in [2.05, 4.69) is 21.2 Å². The summed E-state index contributed by atoms with van der Waals surface area (Å²) >= 11 is 3.35. The molecule has 1 aliphatic heterocycles. The van der Waals surface area contributed by atoms with Crippen LogP contribution in [0.2, 0.25) is 0 Å². The molecule has 1 heterocycles. The Morgan fingerprint density at radius 3 is 2.34 bits per heavy atom. The standard InChI is InChI=1S/C22H19BrN2O3S/c23-18-9-11-19(12-10-18)24-22(26)17-7-13-20(14-8-17)29(27,28)25-15-3-5-16-4-1-2-6-21(16)25/h1-2,4,6-14H,3,5,15H2,(H,24,26). The topological polar surface area (TPSA) is 66.5 Å². The van der Waals surface area contributed by atoms with Gasteiger partial charge in [0, 0.05) is 22.3 Å². The summed E-state index contributed by atoms with van der Waals surface area (Å²) in [5, 5.41) is 2.80. The molecule has 0 unspecified atom stereocenters. The number of benzene rings is 3. The van der Waals surface area contributed by atoms with Crippen molar-refractivity contribution in [3.63, 3.8) is 0 Å². The predicted molar refractivity (Wildman–Crippen MR) is 118 cm³/mol. The molecule has 0 bridgehead atoms. The van der Waals surface area contributed by atoms with Gasteiger partial charge in [-0.1, -0.05) is 34.1 Å². The quantitative estimate of drug-likeness (QED) is 0.592. The van der Waals surface area contributed by atoms with Crippen LogP contribution in [0.3, 0.4) is 0 Å². The highest BCUT2D eigenvalue weighted by Gasteiger charge is 2.28. The lowest BCUT2D eigenvalue weighted by Crippen LogP contribution is -2.35. The fourth-order valence-electron chi connectivity index (χ4n) is 3.39. The number of sulfonamides is 1. The van der Waals surface area contributed by atoms with E-state index >= 15 is 0 Å². The fraction of sp³-hybridized carbons (Fsp3) is 0.136. The van der Waals surface area contributed by atoms with E-state index in [1.165, 1.54) is 28.6 Å². The van der Waals surface area contributed by atoms with Gasteiger partial charge in [-0.25, -0.2) is 8.42 Å². The highest BCUT2D eigenvalue weighted by atomic mass is 79.9. The first-order valence-corrected chi connectivity index (χ1v) is 11.5. The van der Waals surface area contributed by atoms with E-state index < -0.39 is 10.0 Å². The molecule has 1 N–H and O–H groups in total. The summed E-state index contributed by atoms with van der Waals surface area (Å²) in [5.74, 6) is -0.292. The average molecular weight is 471 g/mol. The minimum atomic E-state index is -3.69. The number of nitrogens with one attached hydrogen (secondary N) is 1. The number of aryl methyl sites for hydroxylation is 1. The van der Waals surface area contributed by atoms with E-state index in [0.717, 1.165) is 28.6 Å². The smallest absolute Gasteiger partial charge is 0.264 e. The number of nitrogens with zero attached hydrogens (tertiary/aromatic N) is 1. The minimum absolute atomic E-state index is 0.175. The lowest BCUT2D eigenvalue weighted by Gasteiger charge is -2.30. The second-order valence-electron chi connectivity index (χ2n) is 6.79. The zero-order valence-electron chi connectivity index (χ0n) is 15.5. The summed E-state index contributed by atoms with van der Waals surface area (Å²) in [4.78, 5) is 12.6. The van der Waals surface area contributed by atoms with Crippen molar-refractivity contribution in [3.05, 3.63) is 88.4 Å². The first-order chi connectivity index (χ1) is 13.9. The summed E-state index contributed by atoms with van der Waals surface area (Å²) in [5.41, 5.74) is 2.83. The Bertz CT molecular complexity index is 1140. The Morgan fingerprint density at radius 2 is 1.62 bits per heavy atom. The molecule has 0 saturated heterocycles. The van der Waals surface area contributed by atoms with Gasteiger partial charge >= 0.3 is 0 Å². The van der Waals surface area contributed by atoms with E-state index in [1.54, 1.807) is 12.1 Å². The molecule has 3 aromatic rings. The van der Waals surface area contributed by atoms with E-state index in [0.29, 0.717) is 17.8 Å². The van der Waals surface area contributed by atoms with Gasteiger partial charge in [0.25, 0.3) is 15.9 Å². The lowest BCUT2D eigenvalue weighted by atomic mass is 10.0. The molecule has 4 rings (SSSR count). The third-order valence-electron chi connectivity index (χ3n) is 4.87. The Labute approximate surface area is 178 Å². The van der Waals surface area contributed by atoms with Crippen molar-refractivity contribution < 1.29 is 13.2 Å². The van der Waals surface area contributed by atoms with Crippen molar-refractivity contribution in [2.24, 2.45) is 0 Å². The van der Waals surface area contributed by atoms with E-state index in [-0.39, 0.29) is 10.8 Å². The highest BCUT2D eigenvalue weighted by Crippen LogP contribution is 2.31. The molecular formula is C22H19BrN2O3S. The molecule has 0 aliphatic carbocycles. The Balaban J connectivity index is 1.56. The van der Waals surface area contributed by atoms with Crippen LogP contribution in [0, 0.1) is 0 Å². The third kappa shape index (κ3) is 4.06. The number of para-hydroxylation sites is 1. The second-order valence-corrected chi connectivity index (χ2v) is 9.57. The molecule has 5 nitrogen and oxygen atoms in total. The van der Waals surface area contributed by atoms with E-state index in [1.807, 2.05) is 36.4 Å². The van der Waals surface area contributed by atoms with Crippen molar-refractivity contribution >= 4 is 43.2 Å². The van der Waals surface area contributed by atoms with Crippen LogP contribution in [0.15, 0.2) is 82.2 Å². The monoisotopic (exact) mass is 470 g/mol. The van der Waals surface area contributed by atoms with Gasteiger partial charge in [-0.2, -0.15) is 0 Å². The number of halogens is 1. The average Bonchev–Trinajstić information content (AvgIpc) is 2.75. The zero-order chi connectivity index (χ0) is 20.4. The number of fused-ring (bicyclic) bond motifs is 1. The fourth-order valence-corrected chi connectivity index (χ4v) is 5.20. The summed E-state index contributed by atoms with van der Waals surface area (Å²) in [6, 6.07) is 20.9. The van der Waals surface area contributed by atoms with Crippen LogP contribution in [-0.4, -0.2) is 20.9 Å². The van der Waals surface area contributed by atoms with Crippen molar-refractivity contribution in [3.8, 4) is 0 Å². The maximum atomic E-state index is 13.2. The molecule has 0 saturated carbocycles. The molecule has 1 aliphatic rings. The number of carbonyl (C=O) groups excluding carboxylic acids is 1. The van der Waals surface area contributed by atoms with Gasteiger partial charge in [-0.05, 0) is 73.0 Å². The van der Waals surface area contributed by atoms with Crippen LogP contribution in [-0.2, 0) is 16.4 Å². The largest absolute Gasteiger partial charge is 0.322 e. The van der Waals surface area contributed by atoms with Crippen LogP contribution < -0.4 is 9.62 Å². The third-order valence-corrected chi connectivity index (χ3v) is 7.23. The van der Waals surface area contributed by atoms with Gasteiger partial charge < -0.3 is 5.32 Å². The van der Waals surface area contributed by atoms with Crippen molar-refractivity contribution in [1.29, 1.82) is 0 Å². The molecule has 148 valence electrons. The number of amides is 1. The van der Waals surface area contributed by atoms with Crippen LogP contribution >= 0.6 is 15.9 Å². The Hall–Kier alpha value is -2.64.